The molecule has 2 aliphatic rings. The van der Waals surface area contributed by atoms with Gasteiger partial charge >= 0.3 is 18.2 Å². The van der Waals surface area contributed by atoms with Gasteiger partial charge in [-0.15, -0.1) is 11.6 Å². The number of alkyl halides is 3. The molecule has 1 aliphatic heterocycles. The van der Waals surface area contributed by atoms with E-state index < -0.39 is 36.1 Å². The van der Waals surface area contributed by atoms with Crippen LogP contribution in [0.5, 0.6) is 11.5 Å². The van der Waals surface area contributed by atoms with Crippen molar-refractivity contribution in [1.82, 2.24) is 35.3 Å². The van der Waals surface area contributed by atoms with Gasteiger partial charge in [-0.25, -0.2) is 24.4 Å². The van der Waals surface area contributed by atoms with E-state index in [1.807, 2.05) is 87.4 Å². The van der Waals surface area contributed by atoms with E-state index in [9.17, 15) is 38.4 Å². The Balaban J connectivity index is 0.717. The second-order valence-corrected chi connectivity index (χ2v) is 27.5. The summed E-state index contributed by atoms with van der Waals surface area (Å²) in [7, 11) is 7.09. The van der Waals surface area contributed by atoms with Crippen LogP contribution < -0.4 is 30.7 Å². The van der Waals surface area contributed by atoms with Gasteiger partial charge in [-0.2, -0.15) is 0 Å². The fourth-order valence-corrected chi connectivity index (χ4v) is 13.0. The molecule has 6 aromatic rings. The number of halogens is 3. The third-order valence-corrected chi connectivity index (χ3v) is 19.3. The number of carbonyl (C=O) groups is 8. The molecule has 24 nitrogen and oxygen atoms in total. The highest BCUT2D eigenvalue weighted by atomic mass is 79.9. The van der Waals surface area contributed by atoms with Gasteiger partial charge in [-0.05, 0) is 109 Å². The number of ether oxygens (including phenoxy) is 7. The summed E-state index contributed by atoms with van der Waals surface area (Å²) in [6, 6.07) is 25.9. The third-order valence-electron chi connectivity index (χ3n) is 17.8. The van der Waals surface area contributed by atoms with Crippen molar-refractivity contribution in [3.05, 3.63) is 141 Å². The Labute approximate surface area is 623 Å². The molecule has 0 fully saturated rings. The topological polar surface area (TPSA) is 290 Å². The zero-order valence-electron chi connectivity index (χ0n) is 59.5. The molecule has 554 valence electrons. The highest BCUT2D eigenvalue weighted by Gasteiger charge is 2.37. The summed E-state index contributed by atoms with van der Waals surface area (Å²) in [5, 5.41) is 8.09. The van der Waals surface area contributed by atoms with Crippen LogP contribution in [0.25, 0.3) is 27.9 Å². The number of amides is 6. The predicted octanol–water partition coefficient (Wildman–Crippen LogP) is 10.9. The normalized spacial score (nSPS) is 13.7. The molecule has 0 unspecified atom stereocenters. The van der Waals surface area contributed by atoms with Crippen molar-refractivity contribution in [3.8, 4) is 11.5 Å². The zero-order chi connectivity index (χ0) is 74.0. The number of likely N-dealkylation sites (N-methyl/N-ethyl adjacent to an activating group) is 3. The Bertz CT molecular complexity index is 3960. The van der Waals surface area contributed by atoms with Gasteiger partial charge in [-0.3, -0.25) is 24.0 Å². The highest BCUT2D eigenvalue weighted by molar-refractivity contribution is 9.09. The molecule has 27 heteroatoms. The van der Waals surface area contributed by atoms with E-state index in [1.165, 1.54) is 9.80 Å². The van der Waals surface area contributed by atoms with E-state index >= 15 is 0 Å². The molecule has 3 atom stereocenters. The Hall–Kier alpha value is -7.95. The number of hydrogen-bond acceptors (Lipinski definition) is 18. The smallest absolute Gasteiger partial charge is 0.415 e. The first kappa shape index (κ1) is 80.7. The molecule has 5 aromatic carbocycles. The Morgan fingerprint density at radius 3 is 2.02 bits per heavy atom. The van der Waals surface area contributed by atoms with Gasteiger partial charge in [0.05, 0.1) is 80.4 Å². The number of nitrogens with one attached hydrogen (secondary N) is 2. The number of carbonyl (C=O) groups excluding carboxylic acids is 8. The van der Waals surface area contributed by atoms with Crippen molar-refractivity contribution in [3.63, 3.8) is 0 Å². The minimum absolute atomic E-state index is 0.0134. The lowest BCUT2D eigenvalue weighted by Gasteiger charge is -2.24. The lowest BCUT2D eigenvalue weighted by atomic mass is 9.88. The lowest BCUT2D eigenvalue weighted by molar-refractivity contribution is -0.134. The van der Waals surface area contributed by atoms with Crippen LogP contribution in [0.4, 0.5) is 20.1 Å². The number of primary amides is 1. The zero-order valence-corrected chi connectivity index (χ0v) is 63.4. The van der Waals surface area contributed by atoms with Crippen LogP contribution in [0.3, 0.4) is 0 Å². The van der Waals surface area contributed by atoms with Gasteiger partial charge in [-0.1, -0.05) is 100 Å². The maximum Gasteiger partial charge on any atom is 0.415 e. The largest absolute Gasteiger partial charge is 0.492 e. The lowest BCUT2D eigenvalue weighted by Crippen LogP contribution is -2.46. The molecule has 4 N–H and O–H groups in total. The number of fused-ring (bicyclic) bond motifs is 5. The molecule has 0 radical (unpaired) electrons. The summed E-state index contributed by atoms with van der Waals surface area (Å²) in [5.41, 5.74) is 14.4. The van der Waals surface area contributed by atoms with E-state index in [0.29, 0.717) is 121 Å². The van der Waals surface area contributed by atoms with Crippen molar-refractivity contribution < 1.29 is 71.5 Å². The van der Waals surface area contributed by atoms with E-state index in [4.69, 9.17) is 50.5 Å². The van der Waals surface area contributed by atoms with Crippen molar-refractivity contribution in [2.75, 3.05) is 131 Å². The van der Waals surface area contributed by atoms with Crippen LogP contribution in [0, 0.1) is 11.8 Å². The van der Waals surface area contributed by atoms with E-state index in [1.54, 1.807) is 61.5 Å². The SMILES string of the molecule is CC(C)[C@H](CC(=O)CCOCCOCCOCCOCCCC(=O)c1ccc2nc(CBr)c(CBr)nc2c1)C(=O)N[C@@H](CCCNC(N)=O)C(=O)Cc1ccc(COC(=O)N(C)CCN(C)C(=O)Oc2cc3c(c4ccccc24)[C@H](CCl)CN3C(=O)C2=Cc3cc(OCCN(C)C)ccc3C2)cc1. The molecule has 103 heavy (non-hydrogen) atoms. The number of nitrogens with zero attached hydrogens (tertiary/aromatic N) is 6. The standard InChI is InChI=1S/C76H94Br2ClN9O15/c1-49(2)61(42-57(89)23-29-98-32-34-100-36-35-99-33-31-97-28-10-14-68(90)53-20-22-62-64(41-53)83-66(45-78)65(44-77)82-62)72(92)84-63(13-9-24-81-74(80)94)69(91)37-50-15-17-51(18-16-50)48-102-75(95)86(5)25-26-87(6)76(96)103-70-43-67-71(60-12-8-7-11-59(60)70)56(46-79)47-88(67)73(93)55-38-52-19-21-58(40-54(52)39-55)101-30-27-85(3)4/h7-8,11-12,15-22,39-41,43,49,56,61,63H,9-10,13-14,23-38,42,44-48H2,1-6H3,(H,84,92)(H3,80,81,94)/t56-,61+,63+/m1/s1. The quantitative estimate of drug-likeness (QED) is 0.0182. The molecule has 1 aromatic heterocycles. The summed E-state index contributed by atoms with van der Waals surface area (Å²) in [5.74, 6) is -0.885. The van der Waals surface area contributed by atoms with Gasteiger partial charge in [0.2, 0.25) is 5.91 Å². The summed E-state index contributed by atoms with van der Waals surface area (Å²) in [6.07, 6.45) is 2.49. The first-order valence-electron chi connectivity index (χ1n) is 34.7. The summed E-state index contributed by atoms with van der Waals surface area (Å²) in [6.45, 7) is 8.15. The number of anilines is 1. The minimum atomic E-state index is -0.938. The molecular formula is C76H94Br2ClN9O15. The predicted molar refractivity (Wildman–Crippen MR) is 402 cm³/mol. The van der Waals surface area contributed by atoms with Gasteiger partial charge in [0.25, 0.3) is 5.91 Å². The van der Waals surface area contributed by atoms with Crippen molar-refractivity contribution in [2.24, 2.45) is 17.6 Å². The Kier molecular flexibility index (Phi) is 32.1. The molecule has 1 aliphatic carbocycles. The van der Waals surface area contributed by atoms with Gasteiger partial charge < -0.3 is 69.1 Å². The van der Waals surface area contributed by atoms with Crippen LogP contribution in [0.2, 0.25) is 0 Å². The molecule has 6 amide bonds. The fraction of sp³-hybridized carbons (Fsp3) is 0.474. The Morgan fingerprint density at radius 2 is 1.36 bits per heavy atom. The van der Waals surface area contributed by atoms with Gasteiger partial charge in [0, 0.05) is 136 Å². The van der Waals surface area contributed by atoms with E-state index in [0.717, 1.165) is 51.3 Å². The summed E-state index contributed by atoms with van der Waals surface area (Å²) in [4.78, 5) is 123. The molecule has 8 rings (SSSR count). The number of Topliss-reactive ketones (excluding diaryl/α,β-unsaturated/α-hetero) is 3. The number of aromatic nitrogens is 2. The minimum Gasteiger partial charge on any atom is -0.492 e. The monoisotopic (exact) mass is 1570 g/mol. The van der Waals surface area contributed by atoms with Gasteiger partial charge in [0.1, 0.15) is 30.5 Å². The number of hydrogen-bond donors (Lipinski definition) is 3. The maximum atomic E-state index is 14.4. The Morgan fingerprint density at radius 1 is 0.709 bits per heavy atom. The van der Waals surface area contributed by atoms with E-state index in [2.05, 4.69) is 52.5 Å². The van der Waals surface area contributed by atoms with E-state index in [-0.39, 0.29) is 118 Å². The molecule has 0 bridgehead atoms. The van der Waals surface area contributed by atoms with Crippen molar-refractivity contribution in [2.45, 2.75) is 94.4 Å². The average Bonchev–Trinajstić information content (AvgIpc) is 1.61. The highest BCUT2D eigenvalue weighted by Crippen LogP contribution is 2.47. The van der Waals surface area contributed by atoms with Crippen LogP contribution in [-0.4, -0.2) is 204 Å². The molecular weight excluding hydrogens is 1470 g/mol. The first-order chi connectivity index (χ1) is 49.6. The summed E-state index contributed by atoms with van der Waals surface area (Å²) >= 11 is 13.5. The molecule has 2 heterocycles. The third kappa shape index (κ3) is 24.0. The number of urea groups is 1. The second-order valence-electron chi connectivity index (χ2n) is 26.1. The number of nitrogens with two attached hydrogens (primary N) is 1. The first-order valence-corrected chi connectivity index (χ1v) is 37.5. The molecule has 0 saturated heterocycles. The average molecular weight is 1570 g/mol. The number of rotatable bonds is 43. The van der Waals surface area contributed by atoms with Crippen molar-refractivity contribution >= 4 is 124 Å². The summed E-state index contributed by atoms with van der Waals surface area (Å²) < 4.78 is 40.2. The maximum absolute atomic E-state index is 14.4. The second kappa shape index (κ2) is 40.9. The fourth-order valence-electron chi connectivity index (χ4n) is 11.9. The number of benzene rings is 5. The van der Waals surface area contributed by atoms with Crippen molar-refractivity contribution in [1.29, 1.82) is 0 Å². The van der Waals surface area contributed by atoms with Crippen LogP contribution in [0.15, 0.2) is 96.6 Å². The van der Waals surface area contributed by atoms with Crippen LogP contribution in [-0.2, 0) is 73.0 Å². The molecule has 0 saturated carbocycles. The van der Waals surface area contributed by atoms with Crippen LogP contribution in [0.1, 0.15) is 108 Å². The number of ketones is 3. The molecule has 0 spiro atoms. The van der Waals surface area contributed by atoms with Crippen LogP contribution >= 0.6 is 43.5 Å². The van der Waals surface area contributed by atoms with Gasteiger partial charge in [0.15, 0.2) is 11.6 Å².